The second kappa shape index (κ2) is 4.09. The molecule has 0 aliphatic carbocycles. The number of aryl methyl sites for hydroxylation is 1. The zero-order valence-corrected chi connectivity index (χ0v) is 8.77. The van der Waals surface area contributed by atoms with Crippen molar-refractivity contribution in [1.29, 1.82) is 0 Å². The molecule has 0 saturated heterocycles. The van der Waals surface area contributed by atoms with Gasteiger partial charge < -0.3 is 0 Å². The van der Waals surface area contributed by atoms with E-state index in [9.17, 15) is 0 Å². The van der Waals surface area contributed by atoms with Gasteiger partial charge in [-0.15, -0.1) is 0 Å². The molecule has 0 fully saturated rings. The first-order valence-corrected chi connectivity index (χ1v) is 4.94. The molecule has 0 N–H and O–H groups in total. The van der Waals surface area contributed by atoms with Gasteiger partial charge in [0.25, 0.3) is 0 Å². The molecular weight excluding hydrogens is 182 g/mol. The maximum absolute atomic E-state index is 4.04. The van der Waals surface area contributed by atoms with E-state index in [1.807, 2.05) is 24.3 Å². The van der Waals surface area contributed by atoms with Crippen molar-refractivity contribution in [1.82, 2.24) is 0 Å². The minimum atomic E-state index is 0.937. The van der Waals surface area contributed by atoms with E-state index >= 15 is 0 Å². The third-order valence-electron chi connectivity index (χ3n) is 2.41. The molecule has 0 aliphatic rings. The van der Waals surface area contributed by atoms with Crippen LogP contribution < -0.4 is 0 Å². The molecule has 0 unspecified atom stereocenters. The summed E-state index contributed by atoms with van der Waals surface area (Å²) in [5.41, 5.74) is 4.50. The molecule has 1 nitrogen and oxygen atoms in total. The molecule has 15 heavy (non-hydrogen) atoms. The van der Waals surface area contributed by atoms with Crippen LogP contribution in [-0.2, 0) is 0 Å². The number of nitrogens with zero attached hydrogens (tertiary/aromatic N) is 1. The molecule has 0 aliphatic heterocycles. The molecule has 0 saturated carbocycles. The van der Waals surface area contributed by atoms with Gasteiger partial charge in [0.15, 0.2) is 0 Å². The first-order chi connectivity index (χ1) is 7.31. The number of hydrogen-bond donors (Lipinski definition) is 0. The molecule has 0 spiro atoms. The van der Waals surface area contributed by atoms with Crippen molar-refractivity contribution in [3.05, 3.63) is 54.1 Å². The lowest BCUT2D eigenvalue weighted by Crippen LogP contribution is -1.80. The highest BCUT2D eigenvalue weighted by molar-refractivity contribution is 5.77. The van der Waals surface area contributed by atoms with Crippen LogP contribution in [0.15, 0.2) is 53.5 Å². The van der Waals surface area contributed by atoms with Crippen LogP contribution in [-0.4, -0.2) is 6.72 Å². The SMILES string of the molecule is C=Nc1ccc(C)cc1-c1ccccc1. The van der Waals surface area contributed by atoms with Crippen LogP contribution in [0.25, 0.3) is 11.1 Å². The summed E-state index contributed by atoms with van der Waals surface area (Å²) in [4.78, 5) is 4.04. The summed E-state index contributed by atoms with van der Waals surface area (Å²) in [6.07, 6.45) is 0. The van der Waals surface area contributed by atoms with E-state index in [2.05, 4.69) is 42.9 Å². The van der Waals surface area contributed by atoms with E-state index in [1.54, 1.807) is 0 Å². The summed E-state index contributed by atoms with van der Waals surface area (Å²) in [7, 11) is 0. The lowest BCUT2D eigenvalue weighted by molar-refractivity contribution is 1.44. The van der Waals surface area contributed by atoms with Crippen LogP contribution >= 0.6 is 0 Å². The van der Waals surface area contributed by atoms with E-state index in [0.717, 1.165) is 11.3 Å². The summed E-state index contributed by atoms with van der Waals surface area (Å²) in [5.74, 6) is 0. The Kier molecular flexibility index (Phi) is 2.64. The molecule has 74 valence electrons. The average molecular weight is 195 g/mol. The van der Waals surface area contributed by atoms with Crippen LogP contribution in [0, 0.1) is 6.92 Å². The van der Waals surface area contributed by atoms with Crippen molar-refractivity contribution >= 4 is 12.4 Å². The zero-order chi connectivity index (χ0) is 10.7. The molecule has 0 amide bonds. The maximum Gasteiger partial charge on any atom is 0.0700 e. The number of rotatable bonds is 2. The Bertz CT molecular complexity index is 472. The highest BCUT2D eigenvalue weighted by atomic mass is 14.7. The summed E-state index contributed by atoms with van der Waals surface area (Å²) >= 11 is 0. The first-order valence-electron chi connectivity index (χ1n) is 4.94. The highest BCUT2D eigenvalue weighted by Crippen LogP contribution is 2.30. The zero-order valence-electron chi connectivity index (χ0n) is 8.77. The minimum absolute atomic E-state index is 0.937. The van der Waals surface area contributed by atoms with E-state index in [-0.39, 0.29) is 0 Å². The summed E-state index contributed by atoms with van der Waals surface area (Å²) < 4.78 is 0. The second-order valence-corrected chi connectivity index (χ2v) is 3.54. The van der Waals surface area contributed by atoms with E-state index in [4.69, 9.17) is 0 Å². The van der Waals surface area contributed by atoms with Crippen molar-refractivity contribution in [2.75, 3.05) is 0 Å². The summed E-state index contributed by atoms with van der Waals surface area (Å²) in [6, 6.07) is 16.4. The van der Waals surface area contributed by atoms with Crippen LogP contribution in [0.4, 0.5) is 5.69 Å². The third-order valence-corrected chi connectivity index (χ3v) is 2.41. The van der Waals surface area contributed by atoms with Gasteiger partial charge in [-0.05, 0) is 31.3 Å². The lowest BCUT2D eigenvalue weighted by atomic mass is 10.0. The number of aliphatic imine (C=N–C) groups is 1. The quantitative estimate of drug-likeness (QED) is 0.642. The molecule has 1 heteroatoms. The third kappa shape index (κ3) is 1.96. The van der Waals surface area contributed by atoms with Crippen molar-refractivity contribution < 1.29 is 0 Å². The molecule has 2 aromatic rings. The monoisotopic (exact) mass is 195 g/mol. The van der Waals surface area contributed by atoms with E-state index in [0.29, 0.717) is 0 Å². The molecular formula is C14H13N. The Morgan fingerprint density at radius 3 is 2.40 bits per heavy atom. The van der Waals surface area contributed by atoms with Gasteiger partial charge in [0.05, 0.1) is 5.69 Å². The number of hydrogen-bond acceptors (Lipinski definition) is 1. The van der Waals surface area contributed by atoms with Crippen LogP contribution in [0.1, 0.15) is 5.56 Å². The summed E-state index contributed by atoms with van der Waals surface area (Å²) in [6.45, 7) is 5.68. The maximum atomic E-state index is 4.04. The molecule has 0 heterocycles. The smallest absolute Gasteiger partial charge is 0.0700 e. The van der Waals surface area contributed by atoms with Crippen LogP contribution in [0.2, 0.25) is 0 Å². The number of benzene rings is 2. The van der Waals surface area contributed by atoms with Crippen LogP contribution in [0.5, 0.6) is 0 Å². The van der Waals surface area contributed by atoms with Gasteiger partial charge in [-0.25, -0.2) is 0 Å². The van der Waals surface area contributed by atoms with Crippen molar-refractivity contribution in [3.63, 3.8) is 0 Å². The Morgan fingerprint density at radius 1 is 1.00 bits per heavy atom. The van der Waals surface area contributed by atoms with Crippen molar-refractivity contribution in [2.24, 2.45) is 4.99 Å². The molecule has 0 aromatic heterocycles. The van der Waals surface area contributed by atoms with Gasteiger partial charge in [-0.2, -0.15) is 0 Å². The lowest BCUT2D eigenvalue weighted by Gasteiger charge is -2.06. The fourth-order valence-corrected chi connectivity index (χ4v) is 1.64. The molecule has 2 rings (SSSR count). The topological polar surface area (TPSA) is 12.4 Å². The highest BCUT2D eigenvalue weighted by Gasteiger charge is 2.02. The van der Waals surface area contributed by atoms with E-state index < -0.39 is 0 Å². The fourth-order valence-electron chi connectivity index (χ4n) is 1.64. The Labute approximate surface area is 90.1 Å². The van der Waals surface area contributed by atoms with Crippen molar-refractivity contribution in [3.8, 4) is 11.1 Å². The van der Waals surface area contributed by atoms with Gasteiger partial charge >= 0.3 is 0 Å². The molecule has 0 atom stereocenters. The van der Waals surface area contributed by atoms with Gasteiger partial charge in [-0.1, -0.05) is 42.0 Å². The predicted molar refractivity (Wildman–Crippen MR) is 65.8 cm³/mol. The molecule has 0 radical (unpaired) electrons. The normalized spacial score (nSPS) is 9.93. The van der Waals surface area contributed by atoms with Gasteiger partial charge in [0.2, 0.25) is 0 Å². The second-order valence-electron chi connectivity index (χ2n) is 3.54. The van der Waals surface area contributed by atoms with Gasteiger partial charge in [0.1, 0.15) is 0 Å². The van der Waals surface area contributed by atoms with Gasteiger partial charge in [-0.3, -0.25) is 4.99 Å². The Balaban J connectivity index is 2.61. The van der Waals surface area contributed by atoms with Gasteiger partial charge in [0, 0.05) is 5.56 Å². The fraction of sp³-hybridized carbons (Fsp3) is 0.0714. The Hall–Kier alpha value is -1.89. The largest absolute Gasteiger partial charge is 0.264 e. The Morgan fingerprint density at radius 2 is 1.73 bits per heavy atom. The summed E-state index contributed by atoms with van der Waals surface area (Å²) in [5, 5.41) is 0. The van der Waals surface area contributed by atoms with Crippen molar-refractivity contribution in [2.45, 2.75) is 6.92 Å². The average Bonchev–Trinajstić information content (AvgIpc) is 2.30. The van der Waals surface area contributed by atoms with E-state index in [1.165, 1.54) is 11.1 Å². The molecule has 0 bridgehead atoms. The molecule has 2 aromatic carbocycles. The first kappa shape index (κ1) is 9.66. The standard InChI is InChI=1S/C14H13N/c1-11-8-9-14(15-2)13(10-11)12-6-4-3-5-7-12/h3-10H,2H2,1H3. The predicted octanol–water partition coefficient (Wildman–Crippen LogP) is 3.99. The minimum Gasteiger partial charge on any atom is -0.264 e. The van der Waals surface area contributed by atoms with Crippen LogP contribution in [0.3, 0.4) is 0 Å².